The van der Waals surface area contributed by atoms with Gasteiger partial charge in [-0.1, -0.05) is 30.3 Å². The van der Waals surface area contributed by atoms with Gasteiger partial charge in [0.2, 0.25) is 0 Å². The van der Waals surface area contributed by atoms with Gasteiger partial charge in [0, 0.05) is 25.2 Å². The molecule has 2 aromatic carbocycles. The molecule has 2 aromatic rings. The Bertz CT molecular complexity index is 862. The van der Waals surface area contributed by atoms with Crippen molar-refractivity contribution in [3.05, 3.63) is 70.8 Å². The summed E-state index contributed by atoms with van der Waals surface area (Å²) in [5, 5.41) is 9.55. The number of hydrogen-bond donors (Lipinski definition) is 1. The van der Waals surface area contributed by atoms with Gasteiger partial charge < -0.3 is 14.6 Å². The normalized spacial score (nSPS) is 15.7. The zero-order valence-corrected chi connectivity index (χ0v) is 17.1. The van der Waals surface area contributed by atoms with Crippen LogP contribution in [0.1, 0.15) is 34.7 Å². The number of ether oxygens (including phenoxy) is 2. The molecule has 0 saturated carbocycles. The molecular formula is C24H29NO4. The van der Waals surface area contributed by atoms with Gasteiger partial charge in [0.1, 0.15) is 12.4 Å². The Hall–Kier alpha value is -2.63. The lowest BCUT2D eigenvalue weighted by atomic mass is 10.0. The molecule has 0 radical (unpaired) electrons. The fourth-order valence-corrected chi connectivity index (χ4v) is 3.87. The highest BCUT2D eigenvalue weighted by Gasteiger charge is 2.27. The van der Waals surface area contributed by atoms with Gasteiger partial charge in [-0.3, -0.25) is 4.90 Å². The summed E-state index contributed by atoms with van der Waals surface area (Å²) >= 11 is 0. The van der Waals surface area contributed by atoms with Gasteiger partial charge in [-0.05, 0) is 60.2 Å². The molecule has 0 amide bonds. The maximum absolute atomic E-state index is 11.3. The smallest absolute Gasteiger partial charge is 0.330 e. The van der Waals surface area contributed by atoms with Crippen LogP contribution in [0.25, 0.3) is 6.08 Å². The lowest BCUT2D eigenvalue weighted by molar-refractivity contribution is -0.134. The van der Waals surface area contributed by atoms with E-state index >= 15 is 0 Å². The number of carbonyl (C=O) groups is 1. The van der Waals surface area contributed by atoms with Crippen LogP contribution in [-0.4, -0.2) is 49.4 Å². The number of nitrogens with zero attached hydrogens (tertiary/aromatic N) is 1. The molecule has 0 spiro atoms. The predicted molar refractivity (Wildman–Crippen MR) is 114 cm³/mol. The molecule has 29 heavy (non-hydrogen) atoms. The molecule has 3 rings (SSSR count). The van der Waals surface area contributed by atoms with Crippen LogP contribution in [0.4, 0.5) is 0 Å². The topological polar surface area (TPSA) is 59.0 Å². The molecule has 0 heterocycles. The van der Waals surface area contributed by atoms with E-state index in [-0.39, 0.29) is 18.6 Å². The maximum Gasteiger partial charge on any atom is 0.330 e. The molecule has 5 nitrogen and oxygen atoms in total. The van der Waals surface area contributed by atoms with Crippen molar-refractivity contribution in [2.24, 2.45) is 0 Å². The second-order valence-corrected chi connectivity index (χ2v) is 7.29. The van der Waals surface area contributed by atoms with Gasteiger partial charge in [-0.15, -0.1) is 0 Å². The molecule has 154 valence electrons. The number of methoxy groups -OCH3 is 1. The van der Waals surface area contributed by atoms with Crippen molar-refractivity contribution in [1.82, 2.24) is 4.90 Å². The third-order valence-corrected chi connectivity index (χ3v) is 5.29. The highest BCUT2D eigenvalue weighted by atomic mass is 16.5. The number of fused-ring (bicyclic) bond motifs is 1. The van der Waals surface area contributed by atoms with Crippen molar-refractivity contribution >= 4 is 12.0 Å². The zero-order valence-electron chi connectivity index (χ0n) is 17.1. The van der Waals surface area contributed by atoms with E-state index in [9.17, 15) is 9.90 Å². The molecule has 1 unspecified atom stereocenters. The highest BCUT2D eigenvalue weighted by molar-refractivity contribution is 5.86. The SMILES string of the molecule is COC(=O)/C=C/c1ccc2c(c1)CCC2N(CCO)CCOc1cccc(C)c1. The van der Waals surface area contributed by atoms with Gasteiger partial charge in [-0.25, -0.2) is 4.79 Å². The molecule has 0 bridgehead atoms. The third-order valence-electron chi connectivity index (χ3n) is 5.29. The van der Waals surface area contributed by atoms with Crippen molar-refractivity contribution in [3.8, 4) is 5.75 Å². The van der Waals surface area contributed by atoms with Crippen LogP contribution in [-0.2, 0) is 16.0 Å². The maximum atomic E-state index is 11.3. The van der Waals surface area contributed by atoms with Crippen LogP contribution in [0.15, 0.2) is 48.5 Å². The number of benzene rings is 2. The van der Waals surface area contributed by atoms with Crippen molar-refractivity contribution < 1.29 is 19.4 Å². The summed E-state index contributed by atoms with van der Waals surface area (Å²) in [6.07, 6.45) is 5.22. The molecule has 1 aliphatic carbocycles. The summed E-state index contributed by atoms with van der Waals surface area (Å²) in [6.45, 7) is 4.12. The summed E-state index contributed by atoms with van der Waals surface area (Å²) < 4.78 is 10.6. The fraction of sp³-hybridized carbons (Fsp3) is 0.375. The van der Waals surface area contributed by atoms with Gasteiger partial charge in [0.25, 0.3) is 0 Å². The Morgan fingerprint density at radius 2 is 2.10 bits per heavy atom. The summed E-state index contributed by atoms with van der Waals surface area (Å²) in [5.41, 5.74) is 4.76. The Labute approximate surface area is 172 Å². The number of carbonyl (C=O) groups excluding carboxylic acids is 1. The molecule has 0 aromatic heterocycles. The van der Waals surface area contributed by atoms with Crippen molar-refractivity contribution in [1.29, 1.82) is 0 Å². The fourth-order valence-electron chi connectivity index (χ4n) is 3.87. The van der Waals surface area contributed by atoms with Crippen molar-refractivity contribution in [3.63, 3.8) is 0 Å². The monoisotopic (exact) mass is 395 g/mol. The van der Waals surface area contributed by atoms with Crippen LogP contribution in [0.3, 0.4) is 0 Å². The van der Waals surface area contributed by atoms with E-state index in [0.717, 1.165) is 30.7 Å². The molecule has 1 aliphatic rings. The molecule has 1 N–H and O–H groups in total. The van der Waals surface area contributed by atoms with E-state index in [2.05, 4.69) is 34.8 Å². The number of hydrogen-bond acceptors (Lipinski definition) is 5. The van der Waals surface area contributed by atoms with Crippen LogP contribution in [0.5, 0.6) is 5.75 Å². The first kappa shape index (κ1) is 21.1. The van der Waals surface area contributed by atoms with Crippen LogP contribution >= 0.6 is 0 Å². The minimum Gasteiger partial charge on any atom is -0.492 e. The molecule has 1 atom stereocenters. The average Bonchev–Trinajstić information content (AvgIpc) is 3.14. The number of rotatable bonds is 9. The largest absolute Gasteiger partial charge is 0.492 e. The van der Waals surface area contributed by atoms with E-state index in [0.29, 0.717) is 13.2 Å². The average molecular weight is 395 g/mol. The number of aliphatic hydroxyl groups is 1. The third kappa shape index (κ3) is 5.68. The summed E-state index contributed by atoms with van der Waals surface area (Å²) in [6, 6.07) is 14.6. The van der Waals surface area contributed by atoms with Gasteiger partial charge in [-0.2, -0.15) is 0 Å². The minimum absolute atomic E-state index is 0.121. The summed E-state index contributed by atoms with van der Waals surface area (Å²) in [5.74, 6) is 0.522. The standard InChI is InChI=1S/C24H29NO4/c1-18-4-3-5-21(16-18)29-15-13-25(12-14-26)23-10-8-20-17-19(6-9-22(20)23)7-11-24(27)28-2/h3-7,9,11,16-17,23,26H,8,10,12-15H2,1-2H3/b11-7+. The lowest BCUT2D eigenvalue weighted by Crippen LogP contribution is -2.34. The van der Waals surface area contributed by atoms with E-state index in [1.165, 1.54) is 29.9 Å². The quantitative estimate of drug-likeness (QED) is 0.520. The number of aryl methyl sites for hydroxylation is 2. The summed E-state index contributed by atoms with van der Waals surface area (Å²) in [4.78, 5) is 13.6. The minimum atomic E-state index is -0.355. The van der Waals surface area contributed by atoms with Gasteiger partial charge in [0.05, 0.1) is 13.7 Å². The van der Waals surface area contributed by atoms with Crippen molar-refractivity contribution in [2.45, 2.75) is 25.8 Å². The van der Waals surface area contributed by atoms with Crippen LogP contribution in [0.2, 0.25) is 0 Å². The molecular weight excluding hydrogens is 366 g/mol. The predicted octanol–water partition coefficient (Wildman–Crippen LogP) is 3.54. The van der Waals surface area contributed by atoms with E-state index in [1.807, 2.05) is 24.3 Å². The number of aliphatic hydroxyl groups excluding tert-OH is 1. The van der Waals surface area contributed by atoms with Gasteiger partial charge in [0.15, 0.2) is 0 Å². The van der Waals surface area contributed by atoms with E-state index in [1.54, 1.807) is 6.08 Å². The molecule has 5 heteroatoms. The Kier molecular flexibility index (Phi) is 7.44. The first-order valence-corrected chi connectivity index (χ1v) is 10.0. The van der Waals surface area contributed by atoms with Crippen LogP contribution in [0, 0.1) is 6.92 Å². The Balaban J connectivity index is 1.65. The second kappa shape index (κ2) is 10.2. The summed E-state index contributed by atoms with van der Waals surface area (Å²) in [7, 11) is 1.37. The molecule has 0 saturated heterocycles. The molecule has 0 aliphatic heterocycles. The highest BCUT2D eigenvalue weighted by Crippen LogP contribution is 2.36. The first-order valence-electron chi connectivity index (χ1n) is 10.0. The van der Waals surface area contributed by atoms with Crippen molar-refractivity contribution in [2.75, 3.05) is 33.4 Å². The second-order valence-electron chi connectivity index (χ2n) is 7.29. The lowest BCUT2D eigenvalue weighted by Gasteiger charge is -2.29. The zero-order chi connectivity index (χ0) is 20.6. The molecule has 0 fully saturated rings. The van der Waals surface area contributed by atoms with Crippen LogP contribution < -0.4 is 4.74 Å². The Morgan fingerprint density at radius 3 is 2.86 bits per heavy atom. The number of esters is 1. The first-order chi connectivity index (χ1) is 14.1. The van der Waals surface area contributed by atoms with E-state index in [4.69, 9.17) is 4.74 Å². The Morgan fingerprint density at radius 1 is 1.24 bits per heavy atom. The van der Waals surface area contributed by atoms with Gasteiger partial charge >= 0.3 is 5.97 Å². The van der Waals surface area contributed by atoms with E-state index < -0.39 is 0 Å².